The summed E-state index contributed by atoms with van der Waals surface area (Å²) in [4.78, 5) is 0. The molecule has 86 valence electrons. The van der Waals surface area contributed by atoms with Crippen molar-refractivity contribution in [1.82, 2.24) is 0 Å². The molecular weight excluding hydrogens is 208 g/mol. The first-order chi connectivity index (χ1) is 8.09. The molecule has 0 saturated heterocycles. The molecule has 0 N–H and O–H groups in total. The van der Waals surface area contributed by atoms with Crippen LogP contribution in [0.25, 0.3) is 21.5 Å². The van der Waals surface area contributed by atoms with E-state index in [0.29, 0.717) is 0 Å². The molecule has 0 bridgehead atoms. The van der Waals surface area contributed by atoms with Gasteiger partial charge in [-0.05, 0) is 61.0 Å². The maximum atomic E-state index is 5.80. The number of rotatable bonds is 0. The Morgan fingerprint density at radius 2 is 1.59 bits per heavy atom. The highest BCUT2D eigenvalue weighted by Crippen LogP contribution is 2.33. The van der Waals surface area contributed by atoms with Crippen LogP contribution in [0.3, 0.4) is 0 Å². The van der Waals surface area contributed by atoms with Crippen molar-refractivity contribution in [3.8, 4) is 0 Å². The predicted octanol–water partition coefficient (Wildman–Crippen LogP) is 4.82. The van der Waals surface area contributed by atoms with E-state index in [1.807, 2.05) is 13.8 Å². The normalized spacial score (nSPS) is 11.5. The lowest BCUT2D eigenvalue weighted by molar-refractivity contribution is 0.490. The Labute approximate surface area is 101 Å². The van der Waals surface area contributed by atoms with Gasteiger partial charge >= 0.3 is 0 Å². The molecule has 0 unspecified atom stereocenters. The van der Waals surface area contributed by atoms with Crippen molar-refractivity contribution < 1.29 is 4.42 Å². The largest absolute Gasteiger partial charge is 0.466 e. The zero-order chi connectivity index (χ0) is 12.2. The average Bonchev–Trinajstić information content (AvgIpc) is 2.74. The van der Waals surface area contributed by atoms with E-state index >= 15 is 0 Å². The summed E-state index contributed by atoms with van der Waals surface area (Å²) >= 11 is 0. The van der Waals surface area contributed by atoms with Crippen molar-refractivity contribution >= 4 is 21.5 Å². The van der Waals surface area contributed by atoms with E-state index in [9.17, 15) is 0 Å². The maximum absolute atomic E-state index is 5.80. The molecule has 0 aliphatic heterocycles. The SMILES string of the molecule is Cc1oc(C)c2cc3cccc3c(C)c2c1C. The Balaban J connectivity index is 2.66. The van der Waals surface area contributed by atoms with E-state index in [1.165, 1.54) is 32.7 Å². The summed E-state index contributed by atoms with van der Waals surface area (Å²) in [6, 6.07) is 8.71. The topological polar surface area (TPSA) is 13.1 Å². The van der Waals surface area contributed by atoms with Crippen LogP contribution < -0.4 is 0 Å². The molecular formula is C16H16O. The van der Waals surface area contributed by atoms with Crippen LogP contribution >= 0.6 is 0 Å². The molecule has 0 amide bonds. The molecule has 0 aliphatic rings. The van der Waals surface area contributed by atoms with Crippen LogP contribution in [0.1, 0.15) is 22.6 Å². The fourth-order valence-electron chi connectivity index (χ4n) is 2.76. The van der Waals surface area contributed by atoms with Crippen LogP contribution in [0.15, 0.2) is 28.7 Å². The molecule has 3 rings (SSSR count). The van der Waals surface area contributed by atoms with Crippen LogP contribution in [-0.4, -0.2) is 0 Å². The first-order valence-corrected chi connectivity index (χ1v) is 5.98. The van der Waals surface area contributed by atoms with Crippen LogP contribution in [0, 0.1) is 27.7 Å². The van der Waals surface area contributed by atoms with Crippen LogP contribution in [0.5, 0.6) is 0 Å². The van der Waals surface area contributed by atoms with Gasteiger partial charge in [-0.3, -0.25) is 0 Å². The second-order valence-electron chi connectivity index (χ2n) is 4.79. The Bertz CT molecular complexity index is 732. The quantitative estimate of drug-likeness (QED) is 0.533. The molecule has 1 aromatic heterocycles. The zero-order valence-electron chi connectivity index (χ0n) is 10.7. The maximum Gasteiger partial charge on any atom is 0.108 e. The third kappa shape index (κ3) is 1.32. The van der Waals surface area contributed by atoms with E-state index < -0.39 is 0 Å². The van der Waals surface area contributed by atoms with Gasteiger partial charge in [0, 0.05) is 5.39 Å². The fourth-order valence-corrected chi connectivity index (χ4v) is 2.76. The monoisotopic (exact) mass is 224 g/mol. The Morgan fingerprint density at radius 3 is 2.35 bits per heavy atom. The molecule has 1 heteroatoms. The summed E-state index contributed by atoms with van der Waals surface area (Å²) in [6.07, 6.45) is 0. The Kier molecular flexibility index (Phi) is 2.06. The molecule has 1 heterocycles. The minimum absolute atomic E-state index is 1.01. The van der Waals surface area contributed by atoms with Crippen LogP contribution in [0.4, 0.5) is 0 Å². The summed E-state index contributed by atoms with van der Waals surface area (Å²) in [6.45, 7) is 8.43. The predicted molar refractivity (Wildman–Crippen MR) is 72.7 cm³/mol. The number of hydrogen-bond donors (Lipinski definition) is 0. The highest BCUT2D eigenvalue weighted by atomic mass is 16.3. The van der Waals surface area contributed by atoms with Gasteiger partial charge in [0.05, 0.1) is 0 Å². The summed E-state index contributed by atoms with van der Waals surface area (Å²) in [5, 5.41) is 5.25. The number of benzene rings is 1. The van der Waals surface area contributed by atoms with Crippen LogP contribution in [0.2, 0.25) is 0 Å². The fraction of sp³-hybridized carbons (Fsp3) is 0.250. The molecule has 17 heavy (non-hydrogen) atoms. The van der Waals surface area contributed by atoms with E-state index in [2.05, 4.69) is 38.1 Å². The van der Waals surface area contributed by atoms with Crippen LogP contribution in [-0.2, 0) is 0 Å². The van der Waals surface area contributed by atoms with Gasteiger partial charge in [-0.15, -0.1) is 0 Å². The summed E-state index contributed by atoms with van der Waals surface area (Å²) in [5.74, 6) is 2.03. The minimum Gasteiger partial charge on any atom is -0.466 e. The highest BCUT2D eigenvalue weighted by molar-refractivity contribution is 6.04. The molecule has 0 spiro atoms. The molecule has 0 aliphatic carbocycles. The molecule has 3 aromatic rings. The van der Waals surface area contributed by atoms with Gasteiger partial charge in [0.1, 0.15) is 11.5 Å². The lowest BCUT2D eigenvalue weighted by Gasteiger charge is -2.12. The van der Waals surface area contributed by atoms with E-state index in [4.69, 9.17) is 4.42 Å². The average molecular weight is 224 g/mol. The van der Waals surface area contributed by atoms with Gasteiger partial charge in [0.2, 0.25) is 0 Å². The molecule has 0 saturated carbocycles. The zero-order valence-corrected chi connectivity index (χ0v) is 10.7. The smallest absolute Gasteiger partial charge is 0.108 e. The lowest BCUT2D eigenvalue weighted by Crippen LogP contribution is -1.91. The molecule has 1 nitrogen and oxygen atoms in total. The van der Waals surface area contributed by atoms with E-state index in [1.54, 1.807) is 0 Å². The van der Waals surface area contributed by atoms with Gasteiger partial charge in [0.25, 0.3) is 0 Å². The lowest BCUT2D eigenvalue weighted by atomic mass is 9.97. The highest BCUT2D eigenvalue weighted by Gasteiger charge is 2.11. The Hall–Kier alpha value is -1.76. The van der Waals surface area contributed by atoms with Crippen molar-refractivity contribution in [3.63, 3.8) is 0 Å². The van der Waals surface area contributed by atoms with Gasteiger partial charge < -0.3 is 4.42 Å². The van der Waals surface area contributed by atoms with E-state index in [0.717, 1.165) is 11.5 Å². The number of aryl methyl sites for hydroxylation is 4. The second-order valence-corrected chi connectivity index (χ2v) is 4.79. The van der Waals surface area contributed by atoms with Crippen molar-refractivity contribution in [1.29, 1.82) is 0 Å². The third-order valence-corrected chi connectivity index (χ3v) is 3.79. The summed E-state index contributed by atoms with van der Waals surface area (Å²) < 4.78 is 5.80. The second kappa shape index (κ2) is 3.36. The van der Waals surface area contributed by atoms with Gasteiger partial charge in [-0.2, -0.15) is 0 Å². The van der Waals surface area contributed by atoms with Gasteiger partial charge in [-0.1, -0.05) is 18.2 Å². The minimum atomic E-state index is 1.01. The van der Waals surface area contributed by atoms with Crippen molar-refractivity contribution in [3.05, 3.63) is 46.9 Å². The molecule has 0 fully saturated rings. The van der Waals surface area contributed by atoms with Crippen molar-refractivity contribution in [2.45, 2.75) is 27.7 Å². The Morgan fingerprint density at radius 1 is 0.824 bits per heavy atom. The van der Waals surface area contributed by atoms with Gasteiger partial charge in [-0.25, -0.2) is 0 Å². The molecule has 0 atom stereocenters. The standard InChI is InChI=1S/C16H16O/c1-9-11(3)17-12(4)15-8-13-6-5-7-14(13)10(2)16(9)15/h5-8H,1-4H3. The van der Waals surface area contributed by atoms with Crippen molar-refractivity contribution in [2.24, 2.45) is 0 Å². The molecule has 2 aromatic carbocycles. The van der Waals surface area contributed by atoms with E-state index in [-0.39, 0.29) is 0 Å². The summed E-state index contributed by atoms with van der Waals surface area (Å²) in [7, 11) is 0. The van der Waals surface area contributed by atoms with Crippen molar-refractivity contribution in [2.75, 3.05) is 0 Å². The number of hydrogen-bond acceptors (Lipinski definition) is 1. The van der Waals surface area contributed by atoms with Gasteiger partial charge in [0.15, 0.2) is 0 Å². The third-order valence-electron chi connectivity index (χ3n) is 3.79. The number of fused-ring (bicyclic) bond motifs is 2. The first-order valence-electron chi connectivity index (χ1n) is 5.98. The molecule has 0 radical (unpaired) electrons. The summed E-state index contributed by atoms with van der Waals surface area (Å²) in [5.41, 5.74) is 2.62. The first kappa shape index (κ1) is 10.4.